The van der Waals surface area contributed by atoms with E-state index in [9.17, 15) is 17.2 Å². The Hall–Kier alpha value is -2.88. The van der Waals surface area contributed by atoms with Gasteiger partial charge in [0.25, 0.3) is 0 Å². The van der Waals surface area contributed by atoms with E-state index in [1.54, 1.807) is 16.4 Å². The van der Waals surface area contributed by atoms with Crippen molar-refractivity contribution in [2.45, 2.75) is 30.6 Å². The topological polar surface area (TPSA) is 58.4 Å². The summed E-state index contributed by atoms with van der Waals surface area (Å²) in [5, 5.41) is 4.61. The van der Waals surface area contributed by atoms with Crippen LogP contribution in [0, 0.1) is 17.0 Å². The average molecular weight is 511 g/mol. The zero-order chi connectivity index (χ0) is 24.9. The fourth-order valence-electron chi connectivity index (χ4n) is 5.96. The van der Waals surface area contributed by atoms with Gasteiger partial charge in [0.15, 0.2) is 0 Å². The molecule has 2 aliphatic heterocycles. The van der Waals surface area contributed by atoms with Gasteiger partial charge in [-0.05, 0) is 98.9 Å². The van der Waals surface area contributed by atoms with Gasteiger partial charge >= 0.3 is 0 Å². The minimum Gasteiger partial charge on any atom is -0.302 e. The predicted octanol–water partition coefficient (Wildman–Crippen LogP) is 4.27. The van der Waals surface area contributed by atoms with E-state index in [1.165, 1.54) is 42.0 Å². The SMILES string of the molecule is O=S(=O)(c1ccc(F)cc1)N1CCC2=Cc3c(cnn3-c3ccc(F)cc3)CC2(CN2CCCC2)C1. The molecule has 0 spiro atoms. The second-order valence-electron chi connectivity index (χ2n) is 10.1. The summed E-state index contributed by atoms with van der Waals surface area (Å²) in [6.45, 7) is 3.56. The molecule has 2 fully saturated rings. The molecule has 6 nitrogen and oxygen atoms in total. The second kappa shape index (κ2) is 8.90. The van der Waals surface area contributed by atoms with Gasteiger partial charge in [-0.2, -0.15) is 9.40 Å². The van der Waals surface area contributed by atoms with Crippen molar-refractivity contribution in [1.82, 2.24) is 19.0 Å². The van der Waals surface area contributed by atoms with E-state index in [2.05, 4.69) is 16.1 Å². The summed E-state index contributed by atoms with van der Waals surface area (Å²) in [4.78, 5) is 2.56. The summed E-state index contributed by atoms with van der Waals surface area (Å²) < 4.78 is 57.4. The number of likely N-dealkylation sites (tertiary alicyclic amines) is 1. The van der Waals surface area contributed by atoms with Crippen LogP contribution < -0.4 is 0 Å². The summed E-state index contributed by atoms with van der Waals surface area (Å²) in [5.74, 6) is -0.751. The van der Waals surface area contributed by atoms with Crippen LogP contribution in [0.5, 0.6) is 0 Å². The molecule has 1 unspecified atom stereocenters. The molecule has 3 aliphatic rings. The van der Waals surface area contributed by atoms with Crippen molar-refractivity contribution in [1.29, 1.82) is 0 Å². The van der Waals surface area contributed by atoms with E-state index in [0.29, 0.717) is 25.9 Å². The number of hydrogen-bond acceptors (Lipinski definition) is 4. The Morgan fingerprint density at radius 3 is 2.28 bits per heavy atom. The molecule has 9 heteroatoms. The van der Waals surface area contributed by atoms with Gasteiger partial charge in [-0.3, -0.25) is 0 Å². The van der Waals surface area contributed by atoms with E-state index in [-0.39, 0.29) is 16.1 Å². The van der Waals surface area contributed by atoms with Gasteiger partial charge in [0, 0.05) is 25.0 Å². The quantitative estimate of drug-likeness (QED) is 0.515. The first-order valence-electron chi connectivity index (χ1n) is 12.4. The molecule has 0 saturated carbocycles. The Morgan fingerprint density at radius 2 is 1.58 bits per heavy atom. The van der Waals surface area contributed by atoms with Crippen LogP contribution in [0.2, 0.25) is 0 Å². The standard InChI is InChI=1S/C27H28F2N4O2S/c28-22-3-7-24(8-4-22)33-26-15-21-11-14-32(36(34,35)25-9-5-23(29)6-10-25)19-27(21,16-20(26)17-30-33)18-31-12-1-2-13-31/h3-10,15,17H,1-2,11-14,16,18-19H2. The highest BCUT2D eigenvalue weighted by Crippen LogP contribution is 2.46. The molecular weight excluding hydrogens is 482 g/mol. The maximum Gasteiger partial charge on any atom is 0.243 e. The average Bonchev–Trinajstić information content (AvgIpc) is 3.52. The molecule has 36 heavy (non-hydrogen) atoms. The van der Waals surface area contributed by atoms with Crippen LogP contribution in [0.25, 0.3) is 11.8 Å². The predicted molar refractivity (Wildman–Crippen MR) is 133 cm³/mol. The summed E-state index contributed by atoms with van der Waals surface area (Å²) in [6.07, 6.45) is 7.63. The molecule has 3 heterocycles. The molecule has 1 aliphatic carbocycles. The summed E-state index contributed by atoms with van der Waals surface area (Å²) in [7, 11) is -3.76. The minimum atomic E-state index is -3.76. The first-order valence-corrected chi connectivity index (χ1v) is 13.8. The van der Waals surface area contributed by atoms with Crippen LogP contribution >= 0.6 is 0 Å². The van der Waals surface area contributed by atoms with Gasteiger partial charge in [-0.15, -0.1) is 0 Å². The molecule has 6 rings (SSSR count). The van der Waals surface area contributed by atoms with Crippen LogP contribution in [0.3, 0.4) is 0 Å². The lowest BCUT2D eigenvalue weighted by Crippen LogP contribution is -2.53. The Morgan fingerprint density at radius 1 is 0.917 bits per heavy atom. The molecule has 0 bridgehead atoms. The lowest BCUT2D eigenvalue weighted by Gasteiger charge is -2.47. The third-order valence-electron chi connectivity index (χ3n) is 7.76. The van der Waals surface area contributed by atoms with Gasteiger partial charge < -0.3 is 4.90 Å². The molecule has 2 aromatic carbocycles. The largest absolute Gasteiger partial charge is 0.302 e. The van der Waals surface area contributed by atoms with Crippen molar-refractivity contribution in [3.8, 4) is 5.69 Å². The normalized spacial score (nSPS) is 22.8. The molecule has 1 atom stereocenters. The molecular formula is C27H28F2N4O2S. The first-order chi connectivity index (χ1) is 17.3. The molecule has 0 N–H and O–H groups in total. The number of hydrogen-bond donors (Lipinski definition) is 0. The fourth-order valence-corrected chi connectivity index (χ4v) is 7.49. The molecule has 0 radical (unpaired) electrons. The molecule has 1 aromatic heterocycles. The minimum absolute atomic E-state index is 0.119. The van der Waals surface area contributed by atoms with Crippen LogP contribution in [0.15, 0.2) is 65.2 Å². The fraction of sp³-hybridized carbons (Fsp3) is 0.370. The third kappa shape index (κ3) is 4.09. The molecule has 188 valence electrons. The van der Waals surface area contributed by atoms with Crippen LogP contribution in [0.4, 0.5) is 8.78 Å². The Bertz CT molecular complexity index is 1410. The first kappa shape index (κ1) is 23.5. The Labute approximate surface area is 209 Å². The number of rotatable bonds is 5. The smallest absolute Gasteiger partial charge is 0.243 e. The highest BCUT2D eigenvalue weighted by molar-refractivity contribution is 7.89. The van der Waals surface area contributed by atoms with E-state index in [1.807, 2.05) is 10.9 Å². The van der Waals surface area contributed by atoms with E-state index in [4.69, 9.17) is 0 Å². The van der Waals surface area contributed by atoms with Crippen molar-refractivity contribution >= 4 is 16.1 Å². The number of aromatic nitrogens is 2. The summed E-state index contributed by atoms with van der Waals surface area (Å²) >= 11 is 0. The molecule has 0 amide bonds. The van der Waals surface area contributed by atoms with Crippen LogP contribution in [0.1, 0.15) is 30.5 Å². The maximum absolute atomic E-state index is 13.5. The van der Waals surface area contributed by atoms with Crippen LogP contribution in [-0.2, 0) is 16.4 Å². The highest BCUT2D eigenvalue weighted by Gasteiger charge is 2.47. The van der Waals surface area contributed by atoms with Crippen molar-refractivity contribution in [2.75, 3.05) is 32.7 Å². The Balaban J connectivity index is 1.37. The molecule has 2 saturated heterocycles. The van der Waals surface area contributed by atoms with Crippen LogP contribution in [-0.4, -0.2) is 60.1 Å². The Kier molecular flexibility index (Phi) is 5.81. The lowest BCUT2D eigenvalue weighted by molar-refractivity contribution is 0.145. The van der Waals surface area contributed by atoms with Crippen molar-refractivity contribution in [2.24, 2.45) is 5.41 Å². The van der Waals surface area contributed by atoms with Crippen molar-refractivity contribution < 1.29 is 17.2 Å². The van der Waals surface area contributed by atoms with Gasteiger partial charge in [0.05, 0.1) is 22.5 Å². The van der Waals surface area contributed by atoms with Gasteiger partial charge in [0.2, 0.25) is 10.0 Å². The maximum atomic E-state index is 13.5. The highest BCUT2D eigenvalue weighted by atomic mass is 32.2. The second-order valence-corrected chi connectivity index (χ2v) is 12.0. The van der Waals surface area contributed by atoms with Crippen molar-refractivity contribution in [3.63, 3.8) is 0 Å². The number of fused-ring (bicyclic) bond motifs is 2. The third-order valence-corrected chi connectivity index (χ3v) is 9.62. The number of piperidine rings is 1. The van der Waals surface area contributed by atoms with E-state index >= 15 is 0 Å². The number of sulfonamides is 1. The van der Waals surface area contributed by atoms with Crippen molar-refractivity contribution in [3.05, 3.63) is 83.2 Å². The molecule has 3 aromatic rings. The lowest BCUT2D eigenvalue weighted by atomic mass is 9.68. The zero-order valence-electron chi connectivity index (χ0n) is 19.9. The zero-order valence-corrected chi connectivity index (χ0v) is 20.7. The summed E-state index contributed by atoms with van der Waals surface area (Å²) in [5.41, 5.74) is 3.69. The number of nitrogens with zero attached hydrogens (tertiary/aromatic N) is 4. The van der Waals surface area contributed by atoms with E-state index in [0.717, 1.165) is 49.4 Å². The number of benzene rings is 2. The van der Waals surface area contributed by atoms with Gasteiger partial charge in [0.1, 0.15) is 11.6 Å². The number of halogens is 2. The van der Waals surface area contributed by atoms with Gasteiger partial charge in [-0.1, -0.05) is 5.57 Å². The monoisotopic (exact) mass is 510 g/mol. The van der Waals surface area contributed by atoms with Gasteiger partial charge in [-0.25, -0.2) is 21.9 Å². The summed E-state index contributed by atoms with van der Waals surface area (Å²) in [6, 6.07) is 11.4. The van der Waals surface area contributed by atoms with E-state index < -0.39 is 15.8 Å².